The van der Waals surface area contributed by atoms with E-state index in [1.165, 1.54) is 0 Å². The average molecular weight is 296 g/mol. The molecule has 6 heteroatoms. The maximum atomic E-state index is 9.80. The highest BCUT2D eigenvalue weighted by Crippen LogP contribution is 2.10. The number of halogens is 1. The van der Waals surface area contributed by atoms with Gasteiger partial charge in [0.05, 0.1) is 19.3 Å². The highest BCUT2D eigenvalue weighted by atomic mass is 35.5. The van der Waals surface area contributed by atoms with Crippen LogP contribution < -0.4 is 5.32 Å². The van der Waals surface area contributed by atoms with E-state index in [9.17, 15) is 5.11 Å². The molecule has 20 heavy (non-hydrogen) atoms. The zero-order valence-corrected chi connectivity index (χ0v) is 12.0. The van der Waals surface area contributed by atoms with Crippen LogP contribution in [0.2, 0.25) is 5.02 Å². The van der Waals surface area contributed by atoms with E-state index in [0.29, 0.717) is 18.2 Å². The van der Waals surface area contributed by atoms with Crippen LogP contribution in [0.1, 0.15) is 5.56 Å². The van der Waals surface area contributed by atoms with Gasteiger partial charge in [0.25, 0.3) is 0 Å². The zero-order chi connectivity index (χ0) is 14.4. The summed E-state index contributed by atoms with van der Waals surface area (Å²) in [4.78, 5) is 0. The molecule has 1 aromatic heterocycles. The monoisotopic (exact) mass is 295 g/mol. The van der Waals surface area contributed by atoms with Crippen LogP contribution in [-0.4, -0.2) is 34.1 Å². The van der Waals surface area contributed by atoms with Crippen LogP contribution in [0.25, 0.3) is 0 Å². The van der Waals surface area contributed by atoms with Gasteiger partial charge in [0.2, 0.25) is 0 Å². The van der Waals surface area contributed by atoms with Gasteiger partial charge in [-0.25, -0.2) is 0 Å². The lowest BCUT2D eigenvalue weighted by atomic mass is 10.2. The van der Waals surface area contributed by atoms with Crippen molar-refractivity contribution in [1.82, 2.24) is 9.78 Å². The number of aromatic nitrogens is 2. The summed E-state index contributed by atoms with van der Waals surface area (Å²) in [6.45, 7) is 1.12. The summed E-state index contributed by atoms with van der Waals surface area (Å²) in [6.07, 6.45) is 1.26. The number of aliphatic hydroxyl groups is 1. The Kier molecular flexibility index (Phi) is 5.40. The molecule has 0 fully saturated rings. The van der Waals surface area contributed by atoms with Crippen molar-refractivity contribution in [3.8, 4) is 0 Å². The molecule has 0 radical (unpaired) electrons. The highest BCUT2D eigenvalue weighted by Gasteiger charge is 2.05. The Morgan fingerprint density at radius 2 is 2.10 bits per heavy atom. The number of hydrogen-bond acceptors (Lipinski definition) is 4. The fourth-order valence-corrected chi connectivity index (χ4v) is 1.81. The van der Waals surface area contributed by atoms with Crippen LogP contribution in [0.4, 0.5) is 5.82 Å². The number of nitrogens with zero attached hydrogens (tertiary/aromatic N) is 2. The van der Waals surface area contributed by atoms with Crippen molar-refractivity contribution < 1.29 is 9.84 Å². The summed E-state index contributed by atoms with van der Waals surface area (Å²) in [5.41, 5.74) is 1.03. The fraction of sp³-hybridized carbons (Fsp3) is 0.357. The molecule has 2 aromatic rings. The van der Waals surface area contributed by atoms with Gasteiger partial charge in [0.1, 0.15) is 5.82 Å². The van der Waals surface area contributed by atoms with Crippen LogP contribution in [0, 0.1) is 0 Å². The van der Waals surface area contributed by atoms with Crippen molar-refractivity contribution in [3.63, 3.8) is 0 Å². The number of aliphatic hydroxyl groups excluding tert-OH is 1. The third kappa shape index (κ3) is 4.85. The van der Waals surface area contributed by atoms with Crippen LogP contribution in [0.5, 0.6) is 0 Å². The molecule has 0 bridgehead atoms. The van der Waals surface area contributed by atoms with Gasteiger partial charge in [-0.05, 0) is 17.7 Å². The maximum absolute atomic E-state index is 9.80. The van der Waals surface area contributed by atoms with Crippen molar-refractivity contribution in [1.29, 1.82) is 0 Å². The van der Waals surface area contributed by atoms with E-state index in [0.717, 1.165) is 11.4 Å². The molecule has 0 aliphatic rings. The number of rotatable bonds is 7. The van der Waals surface area contributed by atoms with Gasteiger partial charge in [0, 0.05) is 30.9 Å². The highest BCUT2D eigenvalue weighted by molar-refractivity contribution is 6.30. The maximum Gasteiger partial charge on any atom is 0.148 e. The Balaban J connectivity index is 1.65. The van der Waals surface area contributed by atoms with Gasteiger partial charge < -0.3 is 15.2 Å². The molecule has 5 nitrogen and oxygen atoms in total. The van der Waals surface area contributed by atoms with E-state index in [1.807, 2.05) is 43.6 Å². The van der Waals surface area contributed by atoms with Gasteiger partial charge in [0.15, 0.2) is 0 Å². The third-order valence-electron chi connectivity index (χ3n) is 2.72. The Morgan fingerprint density at radius 1 is 1.35 bits per heavy atom. The van der Waals surface area contributed by atoms with E-state index in [-0.39, 0.29) is 6.61 Å². The molecule has 108 valence electrons. The topological polar surface area (TPSA) is 59.3 Å². The molecular formula is C14H18ClN3O2. The molecule has 1 atom stereocenters. The van der Waals surface area contributed by atoms with E-state index in [4.69, 9.17) is 16.3 Å². The van der Waals surface area contributed by atoms with Crippen molar-refractivity contribution >= 4 is 17.4 Å². The zero-order valence-electron chi connectivity index (χ0n) is 11.3. The second kappa shape index (κ2) is 7.28. The van der Waals surface area contributed by atoms with Crippen LogP contribution in [-0.2, 0) is 18.4 Å². The smallest absolute Gasteiger partial charge is 0.148 e. The molecule has 2 rings (SSSR count). The van der Waals surface area contributed by atoms with Crippen molar-refractivity contribution in [3.05, 3.63) is 47.1 Å². The van der Waals surface area contributed by atoms with Gasteiger partial charge in [-0.3, -0.25) is 4.68 Å². The summed E-state index contributed by atoms with van der Waals surface area (Å²) in [6, 6.07) is 9.29. The number of anilines is 1. The van der Waals surface area contributed by atoms with Crippen LogP contribution in [0.3, 0.4) is 0 Å². The molecule has 1 unspecified atom stereocenters. The average Bonchev–Trinajstić information content (AvgIpc) is 2.85. The molecule has 1 aromatic carbocycles. The van der Waals surface area contributed by atoms with Crippen LogP contribution in [0.15, 0.2) is 36.5 Å². The number of nitrogens with one attached hydrogen (secondary N) is 1. The standard InChI is InChI=1S/C14H18ClN3O2/c1-18-7-6-14(17-18)16-8-13(19)10-20-9-11-2-4-12(15)5-3-11/h2-7,13,19H,8-10H2,1H3,(H,16,17). The molecule has 0 saturated heterocycles. The Bertz CT molecular complexity index is 527. The first-order valence-corrected chi connectivity index (χ1v) is 6.75. The minimum atomic E-state index is -0.579. The normalized spacial score (nSPS) is 12.3. The lowest BCUT2D eigenvalue weighted by Crippen LogP contribution is -2.25. The fourth-order valence-electron chi connectivity index (χ4n) is 1.68. The number of aryl methyl sites for hydroxylation is 1. The molecule has 0 amide bonds. The molecule has 1 heterocycles. The van der Waals surface area contributed by atoms with Crippen molar-refractivity contribution in [2.24, 2.45) is 7.05 Å². The summed E-state index contributed by atoms with van der Waals surface area (Å²) < 4.78 is 7.16. The van der Waals surface area contributed by atoms with Crippen LogP contribution >= 0.6 is 11.6 Å². The molecule has 2 N–H and O–H groups in total. The second-order valence-electron chi connectivity index (χ2n) is 4.55. The van der Waals surface area contributed by atoms with Gasteiger partial charge in [-0.2, -0.15) is 5.10 Å². The van der Waals surface area contributed by atoms with E-state index < -0.39 is 6.10 Å². The van der Waals surface area contributed by atoms with Crippen molar-refractivity contribution in [2.45, 2.75) is 12.7 Å². The predicted molar refractivity (Wildman–Crippen MR) is 78.8 cm³/mol. The van der Waals surface area contributed by atoms with Crippen molar-refractivity contribution in [2.75, 3.05) is 18.5 Å². The van der Waals surface area contributed by atoms with E-state index >= 15 is 0 Å². The molecule has 0 aliphatic carbocycles. The minimum absolute atomic E-state index is 0.266. The third-order valence-corrected chi connectivity index (χ3v) is 2.98. The molecule has 0 saturated carbocycles. The van der Waals surface area contributed by atoms with E-state index in [1.54, 1.807) is 4.68 Å². The lowest BCUT2D eigenvalue weighted by Gasteiger charge is -2.12. The number of hydrogen-bond donors (Lipinski definition) is 2. The number of ether oxygens (including phenoxy) is 1. The van der Waals surface area contributed by atoms with Gasteiger partial charge >= 0.3 is 0 Å². The molecular weight excluding hydrogens is 278 g/mol. The first-order valence-electron chi connectivity index (χ1n) is 6.37. The Labute approximate surface area is 123 Å². The lowest BCUT2D eigenvalue weighted by molar-refractivity contribution is 0.0348. The molecule has 0 aliphatic heterocycles. The number of benzene rings is 1. The van der Waals surface area contributed by atoms with E-state index in [2.05, 4.69) is 10.4 Å². The SMILES string of the molecule is Cn1ccc(NCC(O)COCc2ccc(Cl)cc2)n1. The first kappa shape index (κ1) is 14.8. The largest absolute Gasteiger partial charge is 0.389 e. The van der Waals surface area contributed by atoms with Gasteiger partial charge in [-0.15, -0.1) is 0 Å². The second-order valence-corrected chi connectivity index (χ2v) is 4.99. The van der Waals surface area contributed by atoms with Gasteiger partial charge in [-0.1, -0.05) is 23.7 Å². The summed E-state index contributed by atoms with van der Waals surface area (Å²) in [5.74, 6) is 0.740. The Morgan fingerprint density at radius 3 is 2.75 bits per heavy atom. The summed E-state index contributed by atoms with van der Waals surface area (Å²) >= 11 is 5.80. The first-order chi connectivity index (χ1) is 9.63. The Hall–Kier alpha value is -1.56. The minimum Gasteiger partial charge on any atom is -0.389 e. The molecule has 0 spiro atoms. The summed E-state index contributed by atoms with van der Waals surface area (Å²) in [5, 5.41) is 17.7. The quantitative estimate of drug-likeness (QED) is 0.821. The summed E-state index contributed by atoms with van der Waals surface area (Å²) in [7, 11) is 1.84. The predicted octanol–water partition coefficient (Wildman–Crippen LogP) is 2.06.